The van der Waals surface area contributed by atoms with Crippen LogP contribution in [0.3, 0.4) is 0 Å². The van der Waals surface area contributed by atoms with Gasteiger partial charge < -0.3 is 77.6 Å². The molecule has 2 heterocycles. The maximum atomic E-state index is 14.7. The average Bonchev–Trinajstić information content (AvgIpc) is 2.08. The number of urea groups is 1. The van der Waals surface area contributed by atoms with Gasteiger partial charge in [0.15, 0.2) is 0 Å². The molecule has 0 bridgehead atoms. The van der Waals surface area contributed by atoms with Crippen molar-refractivity contribution >= 4 is 71.0 Å². The van der Waals surface area contributed by atoms with Crippen molar-refractivity contribution in [3.8, 4) is 0 Å². The Balaban J connectivity index is 1.39. The molecule has 12 atom stereocenters. The average molecular weight is 1280 g/mol. The van der Waals surface area contributed by atoms with Crippen molar-refractivity contribution in [3.05, 3.63) is 77.9 Å². The van der Waals surface area contributed by atoms with Crippen LogP contribution in [0.4, 0.5) is 15.3 Å². The van der Waals surface area contributed by atoms with Crippen LogP contribution >= 0.6 is 0 Å². The van der Waals surface area contributed by atoms with E-state index in [1.165, 1.54) is 50.4 Å². The van der Waals surface area contributed by atoms with E-state index in [2.05, 4.69) is 31.9 Å². The Labute approximate surface area is 532 Å². The third-order valence-electron chi connectivity index (χ3n) is 16.7. The summed E-state index contributed by atoms with van der Waals surface area (Å²) in [6.07, 6.45) is 1.79. The van der Waals surface area contributed by atoms with Crippen LogP contribution in [0.2, 0.25) is 0 Å². The van der Waals surface area contributed by atoms with Crippen LogP contribution in [-0.4, -0.2) is 217 Å². The predicted molar refractivity (Wildman–Crippen MR) is 335 cm³/mol. The molecule has 91 heavy (non-hydrogen) atoms. The van der Waals surface area contributed by atoms with Crippen LogP contribution in [-0.2, 0) is 70.4 Å². The quantitative estimate of drug-likeness (QED) is 0.0331. The fourth-order valence-corrected chi connectivity index (χ4v) is 11.2. The molecule has 28 heteroatoms. The van der Waals surface area contributed by atoms with Gasteiger partial charge in [-0.05, 0) is 73.1 Å². The van der Waals surface area contributed by atoms with Gasteiger partial charge in [-0.2, -0.15) is 0 Å². The molecule has 0 spiro atoms. The summed E-state index contributed by atoms with van der Waals surface area (Å²) in [6, 6.07) is 6.51. The molecule has 12 N–H and O–H groups in total. The number of carbonyl (C=O) groups is 11. The summed E-state index contributed by atoms with van der Waals surface area (Å²) in [5.41, 5.74) is 12.6. The first kappa shape index (κ1) is 75.4. The highest BCUT2D eigenvalue weighted by Crippen LogP contribution is 2.30. The lowest BCUT2D eigenvalue weighted by molar-refractivity contribution is -0.148. The van der Waals surface area contributed by atoms with Gasteiger partial charge in [-0.15, -0.1) is 0 Å². The van der Waals surface area contributed by atoms with E-state index < -0.39 is 145 Å². The van der Waals surface area contributed by atoms with Gasteiger partial charge in [0.25, 0.3) is 11.8 Å². The fourth-order valence-electron chi connectivity index (χ4n) is 11.2. The lowest BCUT2D eigenvalue weighted by Crippen LogP contribution is -2.60. The number of likely N-dealkylation sites (N-methyl/N-ethyl adjacent to an activating group) is 2. The van der Waals surface area contributed by atoms with E-state index in [1.54, 1.807) is 46.6 Å². The number of methoxy groups -OCH3 is 2. The van der Waals surface area contributed by atoms with Gasteiger partial charge in [0.05, 0.1) is 55.9 Å². The lowest BCUT2D eigenvalue weighted by atomic mass is 9.89. The number of likely N-dealkylation sites (tertiary alicyclic amines) is 1. The molecule has 0 saturated carbocycles. The van der Waals surface area contributed by atoms with Crippen molar-refractivity contribution < 1.29 is 77.2 Å². The van der Waals surface area contributed by atoms with Crippen LogP contribution in [0.1, 0.15) is 98.1 Å². The number of imide groups is 1. The molecule has 0 aliphatic carbocycles. The van der Waals surface area contributed by atoms with E-state index in [4.69, 9.17) is 25.7 Å². The molecule has 1 saturated heterocycles. The molecule has 1 fully saturated rings. The summed E-state index contributed by atoms with van der Waals surface area (Å²) in [4.78, 5) is 152. The minimum absolute atomic E-state index is 0.00503. The van der Waals surface area contributed by atoms with E-state index in [1.807, 2.05) is 44.2 Å². The largest absolute Gasteiger partial charge is 0.445 e. The topological polar surface area (TPSA) is 393 Å². The number of anilines is 1. The highest BCUT2D eigenvalue weighted by Gasteiger charge is 2.44. The van der Waals surface area contributed by atoms with E-state index >= 15 is 0 Å². The number of hydrogen-bond donors (Lipinski definition) is 10. The van der Waals surface area contributed by atoms with E-state index in [9.17, 15) is 63.0 Å². The number of aliphatic hydroxyl groups is 2. The zero-order chi connectivity index (χ0) is 67.8. The van der Waals surface area contributed by atoms with Crippen molar-refractivity contribution in [2.75, 3.05) is 66.5 Å². The number of hydrogen-bond acceptors (Lipinski definition) is 17. The number of benzene rings is 2. The Bertz CT molecular complexity index is 2810. The normalized spacial score (nSPS) is 17.5. The number of primary amides is 1. The van der Waals surface area contributed by atoms with Crippen LogP contribution in [0, 0.1) is 23.7 Å². The number of amides is 12. The number of nitrogens with one attached hydrogen (secondary N) is 6. The Hall–Kier alpha value is -8.05. The number of rotatable bonds is 36. The second kappa shape index (κ2) is 36.7. The SMILES string of the molecule is CC[C@H](C)[C@@H]([C@@H](CC(=O)N1CCC[C@H]1[C@H](OC)[C@@H](C)C(=O)N[C@H](CO)Cc1ccccc1)OC)N(C)C(=O)[C@@H](NC(=O)[C@H](CO)N(C)C(=O)OCc1ccc(NC(=O)[C@H](CCCNC(N)=O)NC(=O)[C@@H](NC(=O)[C@@H](CN)N2C(=O)C=CC2=O)C(C)C)cc1)C(C)C. The second-order valence-electron chi connectivity index (χ2n) is 23.8. The van der Waals surface area contributed by atoms with Crippen LogP contribution in [0.5, 0.6) is 0 Å². The molecule has 2 aliphatic rings. The lowest BCUT2D eigenvalue weighted by Gasteiger charge is -2.41. The molecule has 12 amide bonds. The summed E-state index contributed by atoms with van der Waals surface area (Å²) in [5, 5.41) is 36.7. The summed E-state index contributed by atoms with van der Waals surface area (Å²) in [5.74, 6) is -7.73. The number of carbonyl (C=O) groups excluding carboxylic acids is 11. The zero-order valence-electron chi connectivity index (χ0n) is 54.2. The van der Waals surface area contributed by atoms with Gasteiger partial charge in [-0.3, -0.25) is 53.0 Å². The number of nitrogens with zero attached hydrogens (tertiary/aromatic N) is 4. The second-order valence-corrected chi connectivity index (χ2v) is 23.8. The van der Waals surface area contributed by atoms with Gasteiger partial charge >= 0.3 is 12.1 Å². The zero-order valence-corrected chi connectivity index (χ0v) is 54.2. The number of nitrogens with two attached hydrogens (primary N) is 2. The molecule has 2 aromatic carbocycles. The Morgan fingerprint density at radius 1 is 0.736 bits per heavy atom. The first-order chi connectivity index (χ1) is 43.2. The van der Waals surface area contributed by atoms with Crippen molar-refractivity contribution in [1.29, 1.82) is 0 Å². The summed E-state index contributed by atoms with van der Waals surface area (Å²) in [6.45, 7) is 10.9. The minimum atomic E-state index is -1.51. The molecule has 0 radical (unpaired) electrons. The molecule has 0 unspecified atom stereocenters. The third kappa shape index (κ3) is 21.3. The maximum Gasteiger partial charge on any atom is 0.410 e. The predicted octanol–water partition coefficient (Wildman–Crippen LogP) is 0.662. The Kier molecular flexibility index (Phi) is 30.4. The van der Waals surface area contributed by atoms with Crippen molar-refractivity contribution in [2.45, 2.75) is 161 Å². The molecule has 2 aromatic rings. The molecule has 504 valence electrons. The summed E-state index contributed by atoms with van der Waals surface area (Å²) in [7, 11) is 5.79. The van der Waals surface area contributed by atoms with Crippen molar-refractivity contribution in [3.63, 3.8) is 0 Å². The van der Waals surface area contributed by atoms with Crippen LogP contribution < -0.4 is 43.4 Å². The van der Waals surface area contributed by atoms with Crippen molar-refractivity contribution in [2.24, 2.45) is 35.1 Å². The van der Waals surface area contributed by atoms with E-state index in [0.717, 1.165) is 22.6 Å². The van der Waals surface area contributed by atoms with Gasteiger partial charge in [-0.1, -0.05) is 97.4 Å². The Morgan fingerprint density at radius 3 is 1.91 bits per heavy atom. The summed E-state index contributed by atoms with van der Waals surface area (Å²) < 4.78 is 17.5. The first-order valence-corrected chi connectivity index (χ1v) is 30.8. The highest BCUT2D eigenvalue weighted by atomic mass is 16.6. The van der Waals surface area contributed by atoms with Gasteiger partial charge in [0, 0.05) is 65.8 Å². The fraction of sp³-hybridized carbons (Fsp3) is 0.603. The summed E-state index contributed by atoms with van der Waals surface area (Å²) >= 11 is 0. The van der Waals surface area contributed by atoms with Gasteiger partial charge in [0.1, 0.15) is 36.8 Å². The molecule has 28 nitrogen and oxygen atoms in total. The number of aliphatic hydroxyl groups excluding tert-OH is 2. The molecule has 2 aliphatic heterocycles. The molecular formula is C63H96N12O16. The smallest absolute Gasteiger partial charge is 0.410 e. The first-order valence-electron chi connectivity index (χ1n) is 30.8. The monoisotopic (exact) mass is 1280 g/mol. The van der Waals surface area contributed by atoms with Crippen LogP contribution in [0.25, 0.3) is 0 Å². The highest BCUT2D eigenvalue weighted by molar-refractivity contribution is 6.15. The van der Waals surface area contributed by atoms with E-state index in [0.29, 0.717) is 42.7 Å². The minimum Gasteiger partial charge on any atom is -0.445 e. The molecular weight excluding hydrogens is 1180 g/mol. The van der Waals surface area contributed by atoms with Gasteiger partial charge in [0.2, 0.25) is 41.4 Å². The van der Waals surface area contributed by atoms with E-state index in [-0.39, 0.29) is 62.4 Å². The molecule has 0 aromatic heterocycles. The Morgan fingerprint density at radius 2 is 1.36 bits per heavy atom. The maximum absolute atomic E-state index is 14.7. The third-order valence-corrected chi connectivity index (χ3v) is 16.7. The molecule has 4 rings (SSSR count). The van der Waals surface area contributed by atoms with Crippen molar-refractivity contribution in [1.82, 2.24) is 46.2 Å². The van der Waals surface area contributed by atoms with Gasteiger partial charge in [-0.25, -0.2) is 9.59 Å². The standard InChI is InChI=1S/C63H96N12O16/c1-12-38(6)54(48(89-10)31-51(80)74-29-17-21-45(74)55(90-11)39(7)56(81)68-43(33-76)30-40-18-14-13-15-19-40)73(9)61(86)53(37(4)5)71-59(84)47(34-77)72(8)63(88)91-35-41-22-24-42(25-23-41)67-57(82)44(20-16-28-66-62(65)87)69-60(85)52(36(2)3)70-58(83)46(32-64)75-49(78)26-27-50(75)79/h13-15,18-19,22-27,36-39,43-48,52-55,76-77H,12,16-17,20-21,28-35,64H2,1-11H3,(H,67,82)(H,68,81)(H,69,85)(H,70,83)(H,71,84)(H3,65,66,87)/t38-,39+,43-,44-,45-,46+,47-,48+,52-,53-,54-,55+/m0/s1. The van der Waals surface area contributed by atoms with Crippen LogP contribution in [0.15, 0.2) is 66.7 Å². The number of ether oxygens (including phenoxy) is 3.